The number of amides is 1. The molecule has 5 aromatic rings. The molecule has 30 heavy (non-hydrogen) atoms. The van der Waals surface area contributed by atoms with Crippen LogP contribution in [0.25, 0.3) is 15.9 Å². The zero-order chi connectivity index (χ0) is 20.3. The summed E-state index contributed by atoms with van der Waals surface area (Å²) in [6, 6.07) is 15.8. The monoisotopic (exact) mass is 414 g/mol. The van der Waals surface area contributed by atoms with E-state index in [1.807, 2.05) is 52.7 Å². The molecule has 0 bridgehead atoms. The van der Waals surface area contributed by atoms with E-state index in [-0.39, 0.29) is 5.91 Å². The molecule has 0 fully saturated rings. The molecule has 0 saturated carbocycles. The minimum atomic E-state index is -0.207. The van der Waals surface area contributed by atoms with E-state index in [0.29, 0.717) is 12.2 Å². The summed E-state index contributed by atoms with van der Waals surface area (Å²) in [5, 5.41) is 15.9. The van der Waals surface area contributed by atoms with Gasteiger partial charge < -0.3 is 5.32 Å². The van der Waals surface area contributed by atoms with Crippen molar-refractivity contribution in [3.8, 4) is 5.69 Å². The molecule has 148 valence electrons. The zero-order valence-electron chi connectivity index (χ0n) is 15.9. The first-order valence-electron chi connectivity index (χ1n) is 9.49. The predicted molar refractivity (Wildman–Crippen MR) is 116 cm³/mol. The van der Waals surface area contributed by atoms with Crippen LogP contribution in [0.2, 0.25) is 0 Å². The van der Waals surface area contributed by atoms with Gasteiger partial charge in [-0.15, -0.1) is 11.3 Å². The number of pyridine rings is 1. The number of nitrogens with one attached hydrogen (secondary N) is 2. The summed E-state index contributed by atoms with van der Waals surface area (Å²) in [6.07, 6.45) is 6.13. The predicted octanol–water partition coefficient (Wildman–Crippen LogP) is 3.73. The number of thiophene rings is 1. The Morgan fingerprint density at radius 1 is 1.17 bits per heavy atom. The van der Waals surface area contributed by atoms with Crippen LogP contribution in [0, 0.1) is 0 Å². The third-order valence-corrected chi connectivity index (χ3v) is 5.79. The zero-order valence-corrected chi connectivity index (χ0v) is 16.8. The maximum absolute atomic E-state index is 12.7. The van der Waals surface area contributed by atoms with Crippen molar-refractivity contribution in [3.05, 3.63) is 95.0 Å². The fourth-order valence-electron chi connectivity index (χ4n) is 3.33. The van der Waals surface area contributed by atoms with Gasteiger partial charge in [-0.25, -0.2) is 9.67 Å². The molecule has 0 atom stereocenters. The number of carbonyl (C=O) groups is 1. The van der Waals surface area contributed by atoms with Crippen molar-refractivity contribution < 1.29 is 4.79 Å². The van der Waals surface area contributed by atoms with Crippen LogP contribution < -0.4 is 5.32 Å². The molecule has 0 unspecified atom stereocenters. The number of nitrogens with zero attached hydrogens (tertiary/aromatic N) is 4. The Bertz CT molecular complexity index is 1270. The number of benzene rings is 1. The lowest BCUT2D eigenvalue weighted by molar-refractivity contribution is 0.0945. The fraction of sp³-hybridized carbons (Fsp3) is 0.0909. The molecule has 0 radical (unpaired) electrons. The number of rotatable bonds is 6. The third-order valence-electron chi connectivity index (χ3n) is 4.81. The molecule has 1 amide bonds. The van der Waals surface area contributed by atoms with Crippen molar-refractivity contribution in [1.82, 2.24) is 30.3 Å². The lowest BCUT2D eigenvalue weighted by Crippen LogP contribution is -2.24. The van der Waals surface area contributed by atoms with Crippen LogP contribution in [-0.4, -0.2) is 30.9 Å². The van der Waals surface area contributed by atoms with Gasteiger partial charge >= 0.3 is 0 Å². The summed E-state index contributed by atoms with van der Waals surface area (Å²) in [5.41, 5.74) is 5.30. The van der Waals surface area contributed by atoms with Crippen LogP contribution in [0.3, 0.4) is 0 Å². The van der Waals surface area contributed by atoms with Crippen LogP contribution in [0.4, 0.5) is 0 Å². The largest absolute Gasteiger partial charge is 0.345 e. The number of hydrogen-bond donors (Lipinski definition) is 2. The van der Waals surface area contributed by atoms with E-state index in [2.05, 4.69) is 37.7 Å². The molecule has 5 rings (SSSR count). The Kier molecular flexibility index (Phi) is 4.82. The first-order valence-corrected chi connectivity index (χ1v) is 10.4. The molecule has 0 spiro atoms. The van der Waals surface area contributed by atoms with E-state index in [1.54, 1.807) is 23.7 Å². The number of aromatic amines is 1. The summed E-state index contributed by atoms with van der Waals surface area (Å²) in [4.78, 5) is 17.2. The summed E-state index contributed by atoms with van der Waals surface area (Å²) >= 11 is 1.64. The van der Waals surface area contributed by atoms with Gasteiger partial charge in [-0.3, -0.25) is 9.89 Å². The highest BCUT2D eigenvalue weighted by Gasteiger charge is 2.14. The average molecular weight is 414 g/mol. The molecular weight excluding hydrogens is 396 g/mol. The van der Waals surface area contributed by atoms with Crippen molar-refractivity contribution in [2.45, 2.75) is 13.0 Å². The standard InChI is InChI=1S/C22H18N6OS/c29-22(23-14-17-6-9-24-27-17)20-13-16(21-19(26-20)7-11-30-21)12-15-2-4-18(5-3-15)28-10-1-8-25-28/h1-11,13H,12,14H2,(H,23,29)(H,24,27). The van der Waals surface area contributed by atoms with Crippen molar-refractivity contribution >= 4 is 27.5 Å². The molecular formula is C22H18N6OS. The fourth-order valence-corrected chi connectivity index (χ4v) is 4.18. The van der Waals surface area contributed by atoms with Gasteiger partial charge in [0.15, 0.2) is 0 Å². The van der Waals surface area contributed by atoms with Crippen LogP contribution in [-0.2, 0) is 13.0 Å². The summed E-state index contributed by atoms with van der Waals surface area (Å²) in [6.45, 7) is 0.357. The highest BCUT2D eigenvalue weighted by molar-refractivity contribution is 7.17. The maximum atomic E-state index is 12.7. The van der Waals surface area contributed by atoms with Gasteiger partial charge in [0.25, 0.3) is 5.91 Å². The second-order valence-corrected chi connectivity index (χ2v) is 7.76. The van der Waals surface area contributed by atoms with Crippen LogP contribution in [0.1, 0.15) is 27.3 Å². The van der Waals surface area contributed by atoms with Gasteiger partial charge in [0.2, 0.25) is 0 Å². The van der Waals surface area contributed by atoms with Gasteiger partial charge in [0.05, 0.1) is 28.1 Å². The van der Waals surface area contributed by atoms with Gasteiger partial charge in [0.1, 0.15) is 5.69 Å². The Hall–Kier alpha value is -3.78. The van der Waals surface area contributed by atoms with Crippen LogP contribution in [0.15, 0.2) is 72.5 Å². The number of carbonyl (C=O) groups excluding carboxylic acids is 1. The van der Waals surface area contributed by atoms with Gasteiger partial charge in [-0.2, -0.15) is 10.2 Å². The highest BCUT2D eigenvalue weighted by atomic mass is 32.1. The van der Waals surface area contributed by atoms with E-state index >= 15 is 0 Å². The van der Waals surface area contributed by atoms with Crippen molar-refractivity contribution in [2.24, 2.45) is 0 Å². The average Bonchev–Trinajstić information content (AvgIpc) is 3.55. The minimum Gasteiger partial charge on any atom is -0.345 e. The van der Waals surface area contributed by atoms with Gasteiger partial charge in [0, 0.05) is 18.6 Å². The van der Waals surface area contributed by atoms with Crippen molar-refractivity contribution in [2.75, 3.05) is 0 Å². The molecule has 0 saturated heterocycles. The van der Waals surface area contributed by atoms with Gasteiger partial charge in [-0.05, 0) is 59.3 Å². The van der Waals surface area contributed by atoms with Crippen molar-refractivity contribution in [1.29, 1.82) is 0 Å². The normalized spacial score (nSPS) is 11.1. The quantitative estimate of drug-likeness (QED) is 0.443. The van der Waals surface area contributed by atoms with Crippen molar-refractivity contribution in [3.63, 3.8) is 0 Å². The highest BCUT2D eigenvalue weighted by Crippen LogP contribution is 2.26. The second-order valence-electron chi connectivity index (χ2n) is 6.84. The Labute approximate surface area is 176 Å². The third kappa shape index (κ3) is 3.72. The molecule has 7 nitrogen and oxygen atoms in total. The molecule has 2 N–H and O–H groups in total. The minimum absolute atomic E-state index is 0.207. The molecule has 8 heteroatoms. The molecule has 0 aliphatic rings. The molecule has 1 aromatic carbocycles. The van der Waals surface area contributed by atoms with Crippen LogP contribution >= 0.6 is 11.3 Å². The second kappa shape index (κ2) is 7.92. The summed E-state index contributed by atoms with van der Waals surface area (Å²) < 4.78 is 2.94. The summed E-state index contributed by atoms with van der Waals surface area (Å²) in [5.74, 6) is -0.207. The Balaban J connectivity index is 1.39. The van der Waals surface area contributed by atoms with Gasteiger partial charge in [-0.1, -0.05) is 12.1 Å². The lowest BCUT2D eigenvalue weighted by Gasteiger charge is -2.09. The topological polar surface area (TPSA) is 88.5 Å². The molecule has 0 aliphatic carbocycles. The van der Waals surface area contributed by atoms with E-state index in [0.717, 1.165) is 39.1 Å². The maximum Gasteiger partial charge on any atom is 0.270 e. The SMILES string of the molecule is O=C(NCc1cc[nH]n1)c1cc(Cc2ccc(-n3cccn3)cc2)c2sccc2n1. The Morgan fingerprint density at radius 3 is 2.83 bits per heavy atom. The smallest absolute Gasteiger partial charge is 0.270 e. The Morgan fingerprint density at radius 2 is 2.07 bits per heavy atom. The molecule has 4 aromatic heterocycles. The first-order chi connectivity index (χ1) is 14.8. The number of aromatic nitrogens is 5. The summed E-state index contributed by atoms with van der Waals surface area (Å²) in [7, 11) is 0. The number of hydrogen-bond acceptors (Lipinski definition) is 5. The molecule has 0 aliphatic heterocycles. The first kappa shape index (κ1) is 18.3. The number of fused-ring (bicyclic) bond motifs is 1. The van der Waals surface area contributed by atoms with E-state index < -0.39 is 0 Å². The van der Waals surface area contributed by atoms with E-state index in [1.165, 1.54) is 0 Å². The van der Waals surface area contributed by atoms with Crippen LogP contribution in [0.5, 0.6) is 0 Å². The molecule has 4 heterocycles. The number of H-pyrrole nitrogens is 1. The van der Waals surface area contributed by atoms with E-state index in [9.17, 15) is 4.79 Å². The van der Waals surface area contributed by atoms with E-state index in [4.69, 9.17) is 0 Å². The lowest BCUT2D eigenvalue weighted by atomic mass is 10.0.